The first-order chi connectivity index (χ1) is 15.3. The van der Waals surface area contributed by atoms with Gasteiger partial charge in [0.25, 0.3) is 0 Å². The zero-order chi connectivity index (χ0) is 24.4. The van der Waals surface area contributed by atoms with Crippen LogP contribution in [0, 0.1) is 39.4 Å². The molecule has 7 atom stereocenters. The molecule has 0 radical (unpaired) electrons. The van der Waals surface area contributed by atoms with Crippen molar-refractivity contribution in [1.82, 2.24) is 0 Å². The van der Waals surface area contributed by atoms with Gasteiger partial charge in [0.05, 0.1) is 11.5 Å². The standard InChI is InChI=1S/C30H48O3/c1-19(2)9-8-10-20(3)21-14-18-30(26(32)33)23-11-12-24-27(4,5)25(31)15-16-28(24,6)22(23)13-17-29(21,30)7/h9,20-21,24-25,31H,8,10-18H2,1-7H3,(H,32,33)/t20-,21-,24?,25+,28-,29-,30+/m1/s1. The lowest BCUT2D eigenvalue weighted by atomic mass is 9.43. The summed E-state index contributed by atoms with van der Waals surface area (Å²) in [7, 11) is 0. The van der Waals surface area contributed by atoms with Crippen LogP contribution in [0.1, 0.15) is 113 Å². The van der Waals surface area contributed by atoms with Crippen molar-refractivity contribution in [2.24, 2.45) is 39.4 Å². The van der Waals surface area contributed by atoms with E-state index in [1.165, 1.54) is 16.7 Å². The molecule has 3 heteroatoms. The molecule has 0 aromatic rings. The van der Waals surface area contributed by atoms with Gasteiger partial charge in [-0.2, -0.15) is 0 Å². The molecular formula is C30H48O3. The second-order valence-corrected chi connectivity index (χ2v) is 13.5. The summed E-state index contributed by atoms with van der Waals surface area (Å²) in [4.78, 5) is 13.2. The maximum atomic E-state index is 13.2. The normalized spacial score (nSPS) is 42.7. The van der Waals surface area contributed by atoms with Crippen LogP contribution in [0.4, 0.5) is 0 Å². The van der Waals surface area contributed by atoms with Gasteiger partial charge in [0.2, 0.25) is 0 Å². The third-order valence-corrected chi connectivity index (χ3v) is 11.5. The van der Waals surface area contributed by atoms with Crippen LogP contribution in [-0.2, 0) is 4.79 Å². The highest BCUT2D eigenvalue weighted by Crippen LogP contribution is 2.72. The number of carboxylic acids is 1. The highest BCUT2D eigenvalue weighted by atomic mass is 16.4. The number of hydrogen-bond donors (Lipinski definition) is 2. The maximum absolute atomic E-state index is 13.2. The lowest BCUT2D eigenvalue weighted by Gasteiger charge is -2.61. The Morgan fingerprint density at radius 1 is 1.03 bits per heavy atom. The Bertz CT molecular complexity index is 862. The Morgan fingerprint density at radius 3 is 2.36 bits per heavy atom. The highest BCUT2D eigenvalue weighted by Gasteiger charge is 2.68. The molecule has 0 aromatic heterocycles. The predicted octanol–water partition coefficient (Wildman–Crippen LogP) is 7.54. The van der Waals surface area contributed by atoms with Gasteiger partial charge in [-0.25, -0.2) is 0 Å². The van der Waals surface area contributed by atoms with Crippen LogP contribution < -0.4 is 0 Å². The average Bonchev–Trinajstić information content (AvgIpc) is 3.05. The van der Waals surface area contributed by atoms with Gasteiger partial charge >= 0.3 is 5.97 Å². The highest BCUT2D eigenvalue weighted by molar-refractivity contribution is 5.81. The van der Waals surface area contributed by atoms with Crippen LogP contribution in [0.25, 0.3) is 0 Å². The van der Waals surface area contributed by atoms with Crippen LogP contribution in [0.15, 0.2) is 22.8 Å². The molecule has 2 saturated carbocycles. The first kappa shape index (κ1) is 25.0. The monoisotopic (exact) mass is 456 g/mol. The maximum Gasteiger partial charge on any atom is 0.314 e. The van der Waals surface area contributed by atoms with Crippen molar-refractivity contribution in [2.75, 3.05) is 0 Å². The van der Waals surface area contributed by atoms with E-state index in [4.69, 9.17) is 0 Å². The first-order valence-corrected chi connectivity index (χ1v) is 13.6. The molecule has 2 N–H and O–H groups in total. The summed E-state index contributed by atoms with van der Waals surface area (Å²) < 4.78 is 0. The molecule has 1 unspecified atom stereocenters. The molecule has 33 heavy (non-hydrogen) atoms. The molecule has 4 aliphatic rings. The van der Waals surface area contributed by atoms with Crippen LogP contribution in [0.2, 0.25) is 0 Å². The van der Waals surface area contributed by atoms with Gasteiger partial charge in [-0.05, 0) is 112 Å². The van der Waals surface area contributed by atoms with Crippen molar-refractivity contribution >= 4 is 5.97 Å². The summed E-state index contributed by atoms with van der Waals surface area (Å²) in [5, 5.41) is 21.7. The third kappa shape index (κ3) is 3.42. The number of aliphatic hydroxyl groups excluding tert-OH is 1. The molecule has 0 saturated heterocycles. The van der Waals surface area contributed by atoms with E-state index in [0.717, 1.165) is 64.2 Å². The second kappa shape index (κ2) is 8.25. The minimum atomic E-state index is -0.690. The molecule has 0 heterocycles. The lowest BCUT2D eigenvalue weighted by molar-refractivity contribution is -0.157. The smallest absolute Gasteiger partial charge is 0.314 e. The van der Waals surface area contributed by atoms with E-state index in [0.29, 0.717) is 17.8 Å². The molecule has 4 aliphatic carbocycles. The number of carbonyl (C=O) groups is 1. The molecule has 0 amide bonds. The first-order valence-electron chi connectivity index (χ1n) is 13.6. The fraction of sp³-hybridized carbons (Fsp3) is 0.833. The summed E-state index contributed by atoms with van der Waals surface area (Å²) in [5.41, 5.74) is 3.25. The largest absolute Gasteiger partial charge is 0.481 e. The Labute approximate surface area is 202 Å². The minimum Gasteiger partial charge on any atom is -0.481 e. The lowest BCUT2D eigenvalue weighted by Crippen LogP contribution is -2.57. The van der Waals surface area contributed by atoms with Crippen LogP contribution >= 0.6 is 0 Å². The van der Waals surface area contributed by atoms with E-state index >= 15 is 0 Å². The fourth-order valence-corrected chi connectivity index (χ4v) is 9.58. The molecule has 0 aliphatic heterocycles. The number of hydrogen-bond acceptors (Lipinski definition) is 2. The zero-order valence-electron chi connectivity index (χ0n) is 22.3. The number of aliphatic hydroxyl groups is 1. The van der Waals surface area contributed by atoms with Crippen LogP contribution in [-0.4, -0.2) is 22.3 Å². The van der Waals surface area contributed by atoms with Crippen molar-refractivity contribution in [3.63, 3.8) is 0 Å². The van der Waals surface area contributed by atoms with E-state index in [2.05, 4.69) is 54.5 Å². The van der Waals surface area contributed by atoms with Crippen molar-refractivity contribution < 1.29 is 15.0 Å². The summed E-state index contributed by atoms with van der Waals surface area (Å²) in [6.07, 6.45) is 12.0. The Kier molecular flexibility index (Phi) is 6.25. The number of aliphatic carboxylic acids is 1. The molecule has 2 fully saturated rings. The molecule has 4 rings (SSSR count). The number of fused-ring (bicyclic) bond motifs is 4. The summed E-state index contributed by atoms with van der Waals surface area (Å²) in [5.74, 6) is 0.893. The van der Waals surface area contributed by atoms with Crippen LogP contribution in [0.5, 0.6) is 0 Å². The Morgan fingerprint density at radius 2 is 1.73 bits per heavy atom. The van der Waals surface area contributed by atoms with Crippen molar-refractivity contribution in [3.05, 3.63) is 22.8 Å². The van der Waals surface area contributed by atoms with Gasteiger partial charge in [-0.3, -0.25) is 4.79 Å². The van der Waals surface area contributed by atoms with Gasteiger partial charge in [0.1, 0.15) is 0 Å². The Balaban J connectivity index is 1.74. The predicted molar refractivity (Wildman–Crippen MR) is 135 cm³/mol. The average molecular weight is 457 g/mol. The third-order valence-electron chi connectivity index (χ3n) is 11.5. The van der Waals surface area contributed by atoms with Crippen molar-refractivity contribution in [3.8, 4) is 0 Å². The van der Waals surface area contributed by atoms with Crippen molar-refractivity contribution in [2.45, 2.75) is 119 Å². The van der Waals surface area contributed by atoms with Crippen molar-refractivity contribution in [1.29, 1.82) is 0 Å². The van der Waals surface area contributed by atoms with Gasteiger partial charge in [-0.15, -0.1) is 0 Å². The molecule has 3 nitrogen and oxygen atoms in total. The topological polar surface area (TPSA) is 57.5 Å². The summed E-state index contributed by atoms with van der Waals surface area (Å²) in [6.45, 7) is 15.9. The SMILES string of the molecule is CC(C)=CCC[C@@H](C)[C@H]1CC[C@@]2(C(=O)O)C3=C(CC[C@]12C)[C@@]1(C)CC[C@H](O)C(C)(C)C1CC3. The Hall–Kier alpha value is -1.09. The minimum absolute atomic E-state index is 0.0350. The quantitative estimate of drug-likeness (QED) is 0.420. The van der Waals surface area contributed by atoms with E-state index in [1.807, 2.05) is 0 Å². The fourth-order valence-electron chi connectivity index (χ4n) is 9.58. The molecular weight excluding hydrogens is 408 g/mol. The van der Waals surface area contributed by atoms with E-state index in [9.17, 15) is 15.0 Å². The van der Waals surface area contributed by atoms with Gasteiger partial charge in [-0.1, -0.05) is 57.4 Å². The van der Waals surface area contributed by atoms with E-state index < -0.39 is 11.4 Å². The van der Waals surface area contributed by atoms with Gasteiger partial charge in [0.15, 0.2) is 0 Å². The summed E-state index contributed by atoms with van der Waals surface area (Å²) in [6, 6.07) is 0. The molecule has 0 aromatic carbocycles. The van der Waals surface area contributed by atoms with E-state index in [-0.39, 0.29) is 22.3 Å². The number of rotatable bonds is 5. The van der Waals surface area contributed by atoms with Crippen LogP contribution in [0.3, 0.4) is 0 Å². The zero-order valence-corrected chi connectivity index (χ0v) is 22.3. The van der Waals surface area contributed by atoms with E-state index in [1.54, 1.807) is 0 Å². The van der Waals surface area contributed by atoms with Gasteiger partial charge in [0, 0.05) is 0 Å². The molecule has 186 valence electrons. The molecule has 0 spiro atoms. The van der Waals surface area contributed by atoms with Gasteiger partial charge < -0.3 is 10.2 Å². The second-order valence-electron chi connectivity index (χ2n) is 13.5. The molecule has 0 bridgehead atoms. The summed E-state index contributed by atoms with van der Waals surface area (Å²) >= 11 is 0. The number of allylic oxidation sites excluding steroid dienone is 3. The number of carboxylic acid groups (broad SMARTS) is 1.